The van der Waals surface area contributed by atoms with E-state index in [1.807, 2.05) is 6.07 Å². The molecular formula is C13H14N2O4. The molecule has 0 bridgehead atoms. The lowest BCUT2D eigenvalue weighted by Crippen LogP contribution is -2.53. The number of aliphatic hydroxyl groups is 1. The van der Waals surface area contributed by atoms with Crippen LogP contribution in [0.5, 0.6) is 5.75 Å². The third-order valence-corrected chi connectivity index (χ3v) is 3.00. The highest BCUT2D eigenvalue weighted by molar-refractivity contribution is 5.65. The molecule has 1 heterocycles. The van der Waals surface area contributed by atoms with Gasteiger partial charge in [-0.2, -0.15) is 5.26 Å². The Morgan fingerprint density at radius 3 is 3.00 bits per heavy atom. The van der Waals surface area contributed by atoms with Gasteiger partial charge in [0.25, 0.3) is 0 Å². The lowest BCUT2D eigenvalue weighted by molar-refractivity contribution is -0.0784. The van der Waals surface area contributed by atoms with Crippen molar-refractivity contribution in [2.75, 3.05) is 6.54 Å². The lowest BCUT2D eigenvalue weighted by Gasteiger charge is -2.36. The summed E-state index contributed by atoms with van der Waals surface area (Å²) in [5.41, 5.74) is 0.421. The van der Waals surface area contributed by atoms with Crippen LogP contribution in [0.3, 0.4) is 0 Å². The fraction of sp³-hybridized carbons (Fsp3) is 0.385. The van der Waals surface area contributed by atoms with E-state index in [2.05, 4.69) is 0 Å². The largest absolute Gasteiger partial charge is 0.468 e. The molecule has 19 heavy (non-hydrogen) atoms. The van der Waals surface area contributed by atoms with Gasteiger partial charge in [-0.3, -0.25) is 4.90 Å². The molecule has 1 aliphatic heterocycles. The van der Waals surface area contributed by atoms with Crippen molar-refractivity contribution in [2.45, 2.75) is 25.2 Å². The van der Waals surface area contributed by atoms with E-state index in [0.717, 1.165) is 4.90 Å². The topological polar surface area (TPSA) is 93.8 Å². The number of nitriles is 1. The van der Waals surface area contributed by atoms with E-state index in [9.17, 15) is 9.90 Å². The van der Waals surface area contributed by atoms with Crippen molar-refractivity contribution in [1.29, 1.82) is 5.26 Å². The van der Waals surface area contributed by atoms with E-state index in [4.69, 9.17) is 15.1 Å². The third-order valence-electron chi connectivity index (χ3n) is 3.00. The van der Waals surface area contributed by atoms with Crippen molar-refractivity contribution >= 4 is 6.09 Å². The van der Waals surface area contributed by atoms with Crippen LogP contribution in [-0.4, -0.2) is 40.1 Å². The second kappa shape index (κ2) is 5.59. The smallest absolute Gasteiger partial charge is 0.410 e. The number of amides is 1. The first-order valence-electron chi connectivity index (χ1n) is 5.96. The second-order valence-corrected chi connectivity index (χ2v) is 4.33. The number of hydrogen-bond donors (Lipinski definition) is 2. The minimum absolute atomic E-state index is 0.328. The first-order valence-corrected chi connectivity index (χ1v) is 5.96. The average Bonchev–Trinajstić information content (AvgIpc) is 2.41. The summed E-state index contributed by atoms with van der Waals surface area (Å²) in [6.07, 6.45) is -1.83. The summed E-state index contributed by atoms with van der Waals surface area (Å²) in [6, 6.07) is 8.39. The number of carboxylic acid groups (broad SMARTS) is 1. The predicted molar refractivity (Wildman–Crippen MR) is 65.5 cm³/mol. The molecule has 2 atom stereocenters. The maximum Gasteiger partial charge on any atom is 0.410 e. The molecule has 1 aromatic carbocycles. The Hall–Kier alpha value is -2.26. The number of rotatable bonds is 2. The summed E-state index contributed by atoms with van der Waals surface area (Å²) in [5.74, 6) is 0.372. The molecule has 1 aliphatic rings. The monoisotopic (exact) mass is 262 g/mol. The highest BCUT2D eigenvalue weighted by Gasteiger charge is 2.35. The molecule has 2 N–H and O–H groups in total. The molecule has 0 saturated carbocycles. The van der Waals surface area contributed by atoms with Crippen molar-refractivity contribution < 1.29 is 19.7 Å². The standard InChI is InChI=1S/C13H14N2O4/c14-8-9-3-1-4-10(7-9)19-12-11(16)5-2-6-15(12)13(17)18/h1,3-4,7,11-12,16H,2,5-6H2,(H,17,18). The Bertz CT molecular complexity index is 512. The number of nitrogens with zero attached hydrogens (tertiary/aromatic N) is 2. The van der Waals surface area contributed by atoms with E-state index >= 15 is 0 Å². The highest BCUT2D eigenvalue weighted by Crippen LogP contribution is 2.22. The molecule has 6 heteroatoms. The summed E-state index contributed by atoms with van der Waals surface area (Å²) in [4.78, 5) is 12.2. The van der Waals surface area contributed by atoms with Gasteiger partial charge in [-0.15, -0.1) is 0 Å². The number of carbonyl (C=O) groups is 1. The molecule has 1 saturated heterocycles. The molecule has 1 aromatic rings. The van der Waals surface area contributed by atoms with E-state index in [-0.39, 0.29) is 0 Å². The van der Waals surface area contributed by atoms with E-state index in [1.54, 1.807) is 18.2 Å². The molecule has 1 fully saturated rings. The van der Waals surface area contributed by atoms with Crippen LogP contribution in [0.2, 0.25) is 0 Å². The van der Waals surface area contributed by atoms with Crippen molar-refractivity contribution in [1.82, 2.24) is 4.90 Å². The minimum atomic E-state index is -1.12. The molecule has 0 radical (unpaired) electrons. The maximum absolute atomic E-state index is 11.1. The Balaban J connectivity index is 2.18. The molecule has 6 nitrogen and oxygen atoms in total. The summed E-state index contributed by atoms with van der Waals surface area (Å²) in [6.45, 7) is 0.328. The average molecular weight is 262 g/mol. The molecule has 0 aromatic heterocycles. The Kier molecular flexibility index (Phi) is 3.88. The molecule has 2 rings (SSSR count). The highest BCUT2D eigenvalue weighted by atomic mass is 16.5. The van der Waals surface area contributed by atoms with Crippen LogP contribution in [-0.2, 0) is 0 Å². The number of ether oxygens (including phenoxy) is 1. The number of benzene rings is 1. The van der Waals surface area contributed by atoms with Crippen LogP contribution in [0.15, 0.2) is 24.3 Å². The Morgan fingerprint density at radius 1 is 1.53 bits per heavy atom. The zero-order chi connectivity index (χ0) is 13.8. The van der Waals surface area contributed by atoms with Crippen molar-refractivity contribution in [3.05, 3.63) is 29.8 Å². The molecule has 0 spiro atoms. The van der Waals surface area contributed by atoms with Gasteiger partial charge >= 0.3 is 6.09 Å². The first-order chi connectivity index (χ1) is 9.11. The molecule has 0 aliphatic carbocycles. The Morgan fingerprint density at radius 2 is 2.32 bits per heavy atom. The van der Waals surface area contributed by atoms with Gasteiger partial charge in [0.05, 0.1) is 11.6 Å². The molecule has 1 amide bonds. The van der Waals surface area contributed by atoms with Gasteiger partial charge in [0.2, 0.25) is 6.23 Å². The zero-order valence-corrected chi connectivity index (χ0v) is 10.2. The van der Waals surface area contributed by atoms with Crippen molar-refractivity contribution in [2.24, 2.45) is 0 Å². The second-order valence-electron chi connectivity index (χ2n) is 4.33. The van der Waals surface area contributed by atoms with Crippen LogP contribution in [0.4, 0.5) is 4.79 Å². The Labute approximate surface area is 110 Å². The van der Waals surface area contributed by atoms with Crippen LogP contribution < -0.4 is 4.74 Å². The van der Waals surface area contributed by atoms with Gasteiger partial charge in [0.15, 0.2) is 0 Å². The first kappa shape index (κ1) is 13.2. The molecular weight excluding hydrogens is 248 g/mol. The van der Waals surface area contributed by atoms with Crippen molar-refractivity contribution in [3.8, 4) is 11.8 Å². The van der Waals surface area contributed by atoms with Crippen molar-refractivity contribution in [3.63, 3.8) is 0 Å². The van der Waals surface area contributed by atoms with Crippen LogP contribution in [0.25, 0.3) is 0 Å². The predicted octanol–water partition coefficient (Wildman–Crippen LogP) is 1.40. The minimum Gasteiger partial charge on any atom is -0.468 e. The van der Waals surface area contributed by atoms with Gasteiger partial charge in [-0.25, -0.2) is 4.79 Å². The van der Waals surface area contributed by atoms with Crippen LogP contribution >= 0.6 is 0 Å². The number of piperidine rings is 1. The van der Waals surface area contributed by atoms with E-state index in [1.165, 1.54) is 6.07 Å². The summed E-state index contributed by atoms with van der Waals surface area (Å²) >= 11 is 0. The number of hydrogen-bond acceptors (Lipinski definition) is 4. The van der Waals surface area contributed by atoms with E-state index in [0.29, 0.717) is 30.7 Å². The van der Waals surface area contributed by atoms with Gasteiger partial charge < -0.3 is 14.9 Å². The quantitative estimate of drug-likeness (QED) is 0.840. The zero-order valence-electron chi connectivity index (χ0n) is 10.2. The third kappa shape index (κ3) is 2.95. The maximum atomic E-state index is 11.1. The van der Waals surface area contributed by atoms with Crippen LogP contribution in [0, 0.1) is 11.3 Å². The fourth-order valence-electron chi connectivity index (χ4n) is 2.07. The van der Waals surface area contributed by atoms with Gasteiger partial charge in [0.1, 0.15) is 11.9 Å². The summed E-state index contributed by atoms with van der Waals surface area (Å²) < 4.78 is 5.53. The molecule has 2 unspecified atom stereocenters. The summed E-state index contributed by atoms with van der Waals surface area (Å²) in [7, 11) is 0. The SMILES string of the molecule is N#Cc1cccc(OC2C(O)CCCN2C(=O)O)c1. The number of likely N-dealkylation sites (tertiary alicyclic amines) is 1. The van der Waals surface area contributed by atoms with Gasteiger partial charge in [-0.05, 0) is 31.0 Å². The van der Waals surface area contributed by atoms with Gasteiger partial charge in [0, 0.05) is 6.54 Å². The lowest BCUT2D eigenvalue weighted by atomic mass is 10.1. The van der Waals surface area contributed by atoms with Gasteiger partial charge in [-0.1, -0.05) is 6.07 Å². The van der Waals surface area contributed by atoms with E-state index < -0.39 is 18.4 Å². The number of aliphatic hydroxyl groups excluding tert-OH is 1. The fourth-order valence-corrected chi connectivity index (χ4v) is 2.07. The summed E-state index contributed by atoms with van der Waals surface area (Å²) in [5, 5.41) is 27.8. The molecule has 100 valence electrons. The van der Waals surface area contributed by atoms with Crippen LogP contribution in [0.1, 0.15) is 18.4 Å². The normalized spacial score (nSPS) is 22.6.